The number of aryl methyl sites for hydroxylation is 1. The van der Waals surface area contributed by atoms with Gasteiger partial charge in [0.05, 0.1) is 19.9 Å². The average molecular weight is 210 g/mol. The van der Waals surface area contributed by atoms with Gasteiger partial charge in [-0.25, -0.2) is 4.79 Å². The van der Waals surface area contributed by atoms with Gasteiger partial charge in [0.1, 0.15) is 11.5 Å². The number of carbonyl (C=O) groups excluding carboxylic acids is 1. The van der Waals surface area contributed by atoms with Crippen molar-refractivity contribution in [3.8, 4) is 11.5 Å². The summed E-state index contributed by atoms with van der Waals surface area (Å²) in [6.07, 6.45) is 0. The van der Waals surface area contributed by atoms with Crippen molar-refractivity contribution in [3.05, 3.63) is 17.7 Å². The normalized spacial score (nSPS) is 9.53. The Bertz CT molecular complexity index is 377. The summed E-state index contributed by atoms with van der Waals surface area (Å²) in [4.78, 5) is 10.7. The monoisotopic (exact) mass is 210 g/mol. The highest BCUT2D eigenvalue weighted by atomic mass is 16.5. The van der Waals surface area contributed by atoms with Gasteiger partial charge in [0.2, 0.25) is 0 Å². The molecule has 1 rings (SSSR count). The minimum Gasteiger partial charge on any atom is -0.496 e. The molecule has 0 aliphatic rings. The molecule has 0 spiro atoms. The predicted octanol–water partition coefficient (Wildman–Crippen LogP) is 1.50. The van der Waals surface area contributed by atoms with Gasteiger partial charge in [-0.05, 0) is 18.6 Å². The zero-order valence-electron chi connectivity index (χ0n) is 8.96. The molecule has 0 saturated carbocycles. The first-order chi connectivity index (χ1) is 7.08. The van der Waals surface area contributed by atoms with Gasteiger partial charge in [-0.1, -0.05) is 0 Å². The first-order valence-corrected chi connectivity index (χ1v) is 4.37. The lowest BCUT2D eigenvalue weighted by Crippen LogP contribution is -2.19. The molecule has 0 bridgehead atoms. The molecule has 0 atom stereocenters. The number of methoxy groups -OCH3 is 2. The number of nitrogens with one attached hydrogen (secondary N) is 1. The fourth-order valence-electron chi connectivity index (χ4n) is 1.28. The minimum atomic E-state index is -0.640. The van der Waals surface area contributed by atoms with Crippen molar-refractivity contribution in [1.29, 1.82) is 0 Å². The van der Waals surface area contributed by atoms with Gasteiger partial charge >= 0.3 is 6.03 Å². The van der Waals surface area contributed by atoms with Crippen LogP contribution in [0.5, 0.6) is 11.5 Å². The molecule has 3 N–H and O–H groups in total. The molecule has 0 aliphatic heterocycles. The fourth-order valence-corrected chi connectivity index (χ4v) is 1.28. The van der Waals surface area contributed by atoms with E-state index in [9.17, 15) is 4.79 Å². The summed E-state index contributed by atoms with van der Waals surface area (Å²) in [6, 6.07) is 2.79. The summed E-state index contributed by atoms with van der Waals surface area (Å²) in [6.45, 7) is 1.88. The maximum atomic E-state index is 10.7. The Morgan fingerprint density at radius 1 is 1.27 bits per heavy atom. The van der Waals surface area contributed by atoms with Crippen molar-refractivity contribution >= 4 is 11.7 Å². The van der Waals surface area contributed by atoms with Crippen LogP contribution in [0, 0.1) is 6.92 Å². The minimum absolute atomic E-state index is 0.493. The van der Waals surface area contributed by atoms with Crippen LogP contribution in [0.3, 0.4) is 0 Å². The van der Waals surface area contributed by atoms with Gasteiger partial charge < -0.3 is 20.5 Å². The molecule has 0 unspecified atom stereocenters. The summed E-state index contributed by atoms with van der Waals surface area (Å²) in [5.41, 5.74) is 6.44. The maximum absolute atomic E-state index is 10.7. The lowest BCUT2D eigenvalue weighted by Gasteiger charge is -2.12. The number of urea groups is 1. The van der Waals surface area contributed by atoms with E-state index < -0.39 is 6.03 Å². The van der Waals surface area contributed by atoms with Crippen LogP contribution in [-0.2, 0) is 0 Å². The van der Waals surface area contributed by atoms with Crippen LogP contribution < -0.4 is 20.5 Å². The molecular formula is C10H14N2O3. The second-order valence-corrected chi connectivity index (χ2v) is 3.01. The van der Waals surface area contributed by atoms with E-state index in [-0.39, 0.29) is 0 Å². The maximum Gasteiger partial charge on any atom is 0.316 e. The van der Waals surface area contributed by atoms with E-state index in [2.05, 4.69) is 5.32 Å². The standard InChI is InChI=1S/C10H14N2O3/c1-6-4-9(15-3)7(12-10(11)13)5-8(6)14-2/h4-5H,1-3H3,(H3,11,12,13). The van der Waals surface area contributed by atoms with Gasteiger partial charge in [0.15, 0.2) is 0 Å². The Hall–Kier alpha value is -1.91. The number of ether oxygens (including phenoxy) is 2. The highest BCUT2D eigenvalue weighted by Crippen LogP contribution is 2.32. The number of anilines is 1. The number of nitrogens with two attached hydrogens (primary N) is 1. The Morgan fingerprint density at radius 3 is 2.33 bits per heavy atom. The molecule has 0 radical (unpaired) electrons. The molecule has 82 valence electrons. The van der Waals surface area contributed by atoms with Crippen LogP contribution in [0.25, 0.3) is 0 Å². The van der Waals surface area contributed by atoms with Gasteiger partial charge in [-0.15, -0.1) is 0 Å². The summed E-state index contributed by atoms with van der Waals surface area (Å²) in [5, 5.41) is 2.46. The van der Waals surface area contributed by atoms with E-state index in [0.717, 1.165) is 5.56 Å². The number of hydrogen-bond donors (Lipinski definition) is 2. The molecule has 5 heteroatoms. The second kappa shape index (κ2) is 4.54. The van der Waals surface area contributed by atoms with Gasteiger partial charge in [0.25, 0.3) is 0 Å². The third-order valence-electron chi connectivity index (χ3n) is 1.97. The first kappa shape index (κ1) is 11.2. The Balaban J connectivity index is 3.16. The summed E-state index contributed by atoms with van der Waals surface area (Å²) >= 11 is 0. The van der Waals surface area contributed by atoms with Gasteiger partial charge in [-0.3, -0.25) is 0 Å². The van der Waals surface area contributed by atoms with Crippen LogP contribution in [0.1, 0.15) is 5.56 Å². The molecule has 0 aliphatic carbocycles. The zero-order chi connectivity index (χ0) is 11.4. The van der Waals surface area contributed by atoms with Gasteiger partial charge in [0, 0.05) is 6.07 Å². The molecule has 1 aromatic rings. The quantitative estimate of drug-likeness (QED) is 0.794. The predicted molar refractivity (Wildman–Crippen MR) is 57.5 cm³/mol. The van der Waals surface area contributed by atoms with Crippen molar-refractivity contribution in [1.82, 2.24) is 0 Å². The summed E-state index contributed by atoms with van der Waals surface area (Å²) in [5.74, 6) is 1.21. The lowest BCUT2D eigenvalue weighted by atomic mass is 10.2. The molecule has 0 heterocycles. The highest BCUT2D eigenvalue weighted by molar-refractivity contribution is 5.90. The topological polar surface area (TPSA) is 73.6 Å². The first-order valence-electron chi connectivity index (χ1n) is 4.37. The van der Waals surface area contributed by atoms with Crippen molar-refractivity contribution in [2.75, 3.05) is 19.5 Å². The van der Waals surface area contributed by atoms with Crippen molar-refractivity contribution in [2.45, 2.75) is 6.92 Å². The van der Waals surface area contributed by atoms with Crippen molar-refractivity contribution in [2.24, 2.45) is 5.73 Å². The Morgan fingerprint density at radius 2 is 1.87 bits per heavy atom. The second-order valence-electron chi connectivity index (χ2n) is 3.01. The lowest BCUT2D eigenvalue weighted by molar-refractivity contribution is 0.259. The molecule has 15 heavy (non-hydrogen) atoms. The van der Waals surface area contributed by atoms with E-state index in [1.807, 2.05) is 6.92 Å². The molecule has 2 amide bonds. The van der Waals surface area contributed by atoms with E-state index in [1.165, 1.54) is 7.11 Å². The summed E-state index contributed by atoms with van der Waals surface area (Å²) < 4.78 is 10.2. The van der Waals surface area contributed by atoms with Crippen LogP contribution >= 0.6 is 0 Å². The van der Waals surface area contributed by atoms with E-state index >= 15 is 0 Å². The molecule has 5 nitrogen and oxygen atoms in total. The summed E-state index contributed by atoms with van der Waals surface area (Å²) in [7, 11) is 3.08. The van der Waals surface area contributed by atoms with E-state index in [4.69, 9.17) is 15.2 Å². The molecular weight excluding hydrogens is 196 g/mol. The molecule has 1 aromatic carbocycles. The van der Waals surface area contributed by atoms with Crippen LogP contribution in [0.2, 0.25) is 0 Å². The number of amides is 2. The van der Waals surface area contributed by atoms with E-state index in [1.54, 1.807) is 19.2 Å². The van der Waals surface area contributed by atoms with Crippen LogP contribution in [-0.4, -0.2) is 20.3 Å². The smallest absolute Gasteiger partial charge is 0.316 e. The van der Waals surface area contributed by atoms with Gasteiger partial charge in [-0.2, -0.15) is 0 Å². The third kappa shape index (κ3) is 2.52. The average Bonchev–Trinajstić information content (AvgIpc) is 2.19. The van der Waals surface area contributed by atoms with Crippen LogP contribution in [0.4, 0.5) is 10.5 Å². The number of primary amides is 1. The molecule has 0 aromatic heterocycles. The third-order valence-corrected chi connectivity index (χ3v) is 1.97. The Kier molecular flexibility index (Phi) is 3.38. The largest absolute Gasteiger partial charge is 0.496 e. The fraction of sp³-hybridized carbons (Fsp3) is 0.300. The van der Waals surface area contributed by atoms with E-state index in [0.29, 0.717) is 17.2 Å². The Labute approximate surface area is 88.2 Å². The van der Waals surface area contributed by atoms with Crippen molar-refractivity contribution in [3.63, 3.8) is 0 Å². The van der Waals surface area contributed by atoms with Crippen molar-refractivity contribution < 1.29 is 14.3 Å². The number of carbonyl (C=O) groups is 1. The number of rotatable bonds is 3. The zero-order valence-corrected chi connectivity index (χ0v) is 8.96. The highest BCUT2D eigenvalue weighted by Gasteiger charge is 2.09. The molecule has 0 saturated heterocycles. The number of hydrogen-bond acceptors (Lipinski definition) is 3. The number of benzene rings is 1. The molecule has 0 fully saturated rings. The van der Waals surface area contributed by atoms with Crippen LogP contribution in [0.15, 0.2) is 12.1 Å². The SMILES string of the molecule is COc1cc(NC(N)=O)c(OC)cc1C.